The number of methoxy groups -OCH3 is 1. The fourth-order valence-electron chi connectivity index (χ4n) is 2.59. The number of carbonyl (C=O) groups excluding carboxylic acids is 1. The summed E-state index contributed by atoms with van der Waals surface area (Å²) < 4.78 is 30.2. The van der Waals surface area contributed by atoms with Crippen molar-refractivity contribution in [2.45, 2.75) is 17.9 Å². The van der Waals surface area contributed by atoms with Crippen molar-refractivity contribution in [3.63, 3.8) is 0 Å². The van der Waals surface area contributed by atoms with Crippen LogP contribution in [0, 0.1) is 0 Å². The van der Waals surface area contributed by atoms with Gasteiger partial charge in [0.1, 0.15) is 12.1 Å². The molecule has 1 N–H and O–H groups in total. The summed E-state index contributed by atoms with van der Waals surface area (Å²) in [6.07, 6.45) is 3.95. The summed E-state index contributed by atoms with van der Waals surface area (Å²) in [5.41, 5.74) is 0.124. The number of ether oxygens (including phenoxy) is 1. The first-order valence-corrected chi connectivity index (χ1v) is 10.7. The number of hydrogen-bond donors (Lipinski definition) is 1. The van der Waals surface area contributed by atoms with Crippen molar-refractivity contribution < 1.29 is 17.9 Å². The fourth-order valence-corrected chi connectivity index (χ4v) is 3.58. The summed E-state index contributed by atoms with van der Waals surface area (Å²) in [5, 5.41) is 7.07. The van der Waals surface area contributed by atoms with Gasteiger partial charge in [-0.2, -0.15) is 23.3 Å². The molecule has 12 heteroatoms. The number of pyridine rings is 1. The second-order valence-electron chi connectivity index (χ2n) is 6.23. The van der Waals surface area contributed by atoms with E-state index >= 15 is 0 Å². The first kappa shape index (κ1) is 23.6. The smallest absolute Gasteiger partial charge is 0.251 e. The highest BCUT2D eigenvalue weighted by molar-refractivity contribution is 7.90. The number of rotatable bonds is 6. The highest BCUT2D eigenvalue weighted by Gasteiger charge is 2.20. The van der Waals surface area contributed by atoms with Gasteiger partial charge in [0.25, 0.3) is 5.91 Å². The minimum atomic E-state index is -3.51. The standard InChI is InChI=1S/C18H18ClN5O4S.H2S/c1-11(17-21-10-22-24(17)16-5-4-14(28-2)9-20-16)23-18(25)12-6-13(19)8-15(7-12)29(3,26)27;/h4-11H,1-3H3,(H,23,25);1H2/t11-;/m1./s1. The summed E-state index contributed by atoms with van der Waals surface area (Å²) >= 11 is 5.98. The lowest BCUT2D eigenvalue weighted by Crippen LogP contribution is -2.29. The highest BCUT2D eigenvalue weighted by atomic mass is 35.5. The van der Waals surface area contributed by atoms with Crippen LogP contribution in [-0.2, 0) is 9.84 Å². The van der Waals surface area contributed by atoms with E-state index in [-0.39, 0.29) is 29.0 Å². The van der Waals surface area contributed by atoms with Crippen molar-refractivity contribution in [2.24, 2.45) is 0 Å². The van der Waals surface area contributed by atoms with Gasteiger partial charge in [0.15, 0.2) is 21.5 Å². The molecule has 0 spiro atoms. The minimum absolute atomic E-state index is 0. The molecular weight excluding hydrogens is 450 g/mol. The van der Waals surface area contributed by atoms with E-state index in [1.54, 1.807) is 32.4 Å². The maximum absolute atomic E-state index is 12.7. The van der Waals surface area contributed by atoms with Crippen molar-refractivity contribution >= 4 is 40.8 Å². The number of carbonyl (C=O) groups is 1. The molecule has 30 heavy (non-hydrogen) atoms. The fraction of sp³-hybridized carbons (Fsp3) is 0.222. The molecule has 0 aliphatic carbocycles. The molecule has 0 aliphatic rings. The number of nitrogens with zero attached hydrogens (tertiary/aromatic N) is 4. The van der Waals surface area contributed by atoms with E-state index in [0.29, 0.717) is 17.4 Å². The minimum Gasteiger partial charge on any atom is -0.495 e. The Hall–Kier alpha value is -2.63. The average molecular weight is 470 g/mol. The Morgan fingerprint density at radius 3 is 2.57 bits per heavy atom. The number of sulfone groups is 1. The second-order valence-corrected chi connectivity index (χ2v) is 8.68. The Morgan fingerprint density at radius 2 is 1.97 bits per heavy atom. The molecule has 1 aromatic carbocycles. The van der Waals surface area contributed by atoms with Crippen LogP contribution >= 0.6 is 25.1 Å². The number of nitrogens with one attached hydrogen (secondary N) is 1. The maximum atomic E-state index is 12.7. The van der Waals surface area contributed by atoms with E-state index in [1.165, 1.54) is 29.2 Å². The molecule has 0 bridgehead atoms. The van der Waals surface area contributed by atoms with Gasteiger partial charge in [-0.15, -0.1) is 0 Å². The number of aromatic nitrogens is 4. The van der Waals surface area contributed by atoms with Gasteiger partial charge >= 0.3 is 0 Å². The summed E-state index contributed by atoms with van der Waals surface area (Å²) in [5.74, 6) is 1.05. The van der Waals surface area contributed by atoms with E-state index < -0.39 is 21.8 Å². The van der Waals surface area contributed by atoms with Crippen LogP contribution in [-0.4, -0.2) is 47.4 Å². The van der Waals surface area contributed by atoms with Gasteiger partial charge in [0.2, 0.25) is 0 Å². The normalized spacial score (nSPS) is 12.0. The molecule has 3 rings (SSSR count). The zero-order valence-corrected chi connectivity index (χ0v) is 18.9. The summed E-state index contributed by atoms with van der Waals surface area (Å²) in [4.78, 5) is 21.1. The molecule has 0 aliphatic heterocycles. The first-order valence-electron chi connectivity index (χ1n) is 8.41. The van der Waals surface area contributed by atoms with Crippen molar-refractivity contribution in [1.82, 2.24) is 25.1 Å². The molecular formula is C18H20ClN5O4S2. The number of amides is 1. The quantitative estimate of drug-likeness (QED) is 0.588. The van der Waals surface area contributed by atoms with Gasteiger partial charge in [-0.05, 0) is 37.3 Å². The molecule has 2 heterocycles. The lowest BCUT2D eigenvalue weighted by atomic mass is 10.2. The third-order valence-electron chi connectivity index (χ3n) is 4.04. The van der Waals surface area contributed by atoms with Gasteiger partial charge in [0, 0.05) is 16.8 Å². The molecule has 1 atom stereocenters. The molecule has 3 aromatic rings. The molecule has 0 saturated heterocycles. The lowest BCUT2D eigenvalue weighted by Gasteiger charge is -2.15. The third-order valence-corrected chi connectivity index (χ3v) is 5.35. The Labute approximate surface area is 185 Å². The molecule has 0 saturated carbocycles. The highest BCUT2D eigenvalue weighted by Crippen LogP contribution is 2.21. The molecule has 160 valence electrons. The van der Waals surface area contributed by atoms with Gasteiger partial charge in [-0.25, -0.2) is 18.4 Å². The van der Waals surface area contributed by atoms with Gasteiger partial charge in [-0.1, -0.05) is 11.6 Å². The van der Waals surface area contributed by atoms with Crippen LogP contribution in [0.3, 0.4) is 0 Å². The third kappa shape index (κ3) is 5.29. The van der Waals surface area contributed by atoms with E-state index in [1.807, 2.05) is 0 Å². The van der Waals surface area contributed by atoms with E-state index in [4.69, 9.17) is 16.3 Å². The second kappa shape index (κ2) is 9.45. The molecule has 9 nitrogen and oxygen atoms in total. The topological polar surface area (TPSA) is 116 Å². The van der Waals surface area contributed by atoms with Crippen LogP contribution in [0.4, 0.5) is 0 Å². The Bertz CT molecular complexity index is 1150. The molecule has 0 radical (unpaired) electrons. The Balaban J connectivity index is 0.00000320. The summed E-state index contributed by atoms with van der Waals surface area (Å²) in [6, 6.07) is 6.86. The molecule has 0 unspecified atom stereocenters. The van der Waals surface area contributed by atoms with Crippen LogP contribution in [0.1, 0.15) is 29.1 Å². The van der Waals surface area contributed by atoms with Crippen LogP contribution in [0.2, 0.25) is 5.02 Å². The summed E-state index contributed by atoms with van der Waals surface area (Å²) in [6.45, 7) is 1.73. The molecule has 0 fully saturated rings. The van der Waals surface area contributed by atoms with Crippen molar-refractivity contribution in [3.8, 4) is 11.6 Å². The monoisotopic (exact) mass is 469 g/mol. The molecule has 1 amide bonds. The lowest BCUT2D eigenvalue weighted by molar-refractivity contribution is 0.0937. The largest absolute Gasteiger partial charge is 0.495 e. The Kier molecular flexibility index (Phi) is 7.45. The van der Waals surface area contributed by atoms with Crippen LogP contribution in [0.25, 0.3) is 5.82 Å². The zero-order valence-electron chi connectivity index (χ0n) is 16.3. The van der Waals surface area contributed by atoms with Crippen molar-refractivity contribution in [3.05, 3.63) is 59.3 Å². The van der Waals surface area contributed by atoms with Gasteiger partial charge in [-0.3, -0.25) is 4.79 Å². The maximum Gasteiger partial charge on any atom is 0.251 e. The van der Waals surface area contributed by atoms with E-state index in [9.17, 15) is 13.2 Å². The van der Waals surface area contributed by atoms with Crippen molar-refractivity contribution in [1.29, 1.82) is 0 Å². The number of benzene rings is 1. The zero-order chi connectivity index (χ0) is 21.2. The first-order chi connectivity index (χ1) is 13.7. The number of hydrogen-bond acceptors (Lipinski definition) is 7. The molecule has 2 aromatic heterocycles. The average Bonchev–Trinajstić information content (AvgIpc) is 3.17. The van der Waals surface area contributed by atoms with Crippen LogP contribution in [0.15, 0.2) is 47.8 Å². The number of halogens is 1. The van der Waals surface area contributed by atoms with E-state index in [0.717, 1.165) is 6.26 Å². The van der Waals surface area contributed by atoms with Crippen LogP contribution < -0.4 is 10.1 Å². The predicted octanol–water partition coefficient (Wildman–Crippen LogP) is 2.33. The van der Waals surface area contributed by atoms with Crippen LogP contribution in [0.5, 0.6) is 5.75 Å². The van der Waals surface area contributed by atoms with Gasteiger partial charge < -0.3 is 10.1 Å². The SMILES string of the molecule is COc1ccc(-n2ncnc2[C@@H](C)NC(=O)c2cc(Cl)cc(S(C)(=O)=O)c2)nc1.S. The van der Waals surface area contributed by atoms with Gasteiger partial charge in [0.05, 0.1) is 24.2 Å². The summed E-state index contributed by atoms with van der Waals surface area (Å²) in [7, 11) is -1.97. The van der Waals surface area contributed by atoms with Crippen molar-refractivity contribution in [2.75, 3.05) is 13.4 Å². The predicted molar refractivity (Wildman–Crippen MR) is 117 cm³/mol. The van der Waals surface area contributed by atoms with E-state index in [2.05, 4.69) is 20.4 Å². The Morgan fingerprint density at radius 1 is 1.23 bits per heavy atom.